The molecule has 4 heteroatoms. The lowest BCUT2D eigenvalue weighted by atomic mass is 10.0. The Kier molecular flexibility index (Phi) is 4.33. The zero-order chi connectivity index (χ0) is 23.4. The first-order valence-corrected chi connectivity index (χ1v) is 11.5. The quantitative estimate of drug-likeness (QED) is 0.268. The third-order valence-corrected chi connectivity index (χ3v) is 6.51. The number of hydrogen-bond acceptors (Lipinski definition) is 2. The number of hydrogen-bond donors (Lipinski definition) is 0. The standard InChI is InChI=1S/C31H19FN2O/c32-24-19-18-23(30-29(24)22-13-5-9-17-28(22)35-30)31-33-25-14-6-8-16-27(25)34(31)26-15-7-4-12-21(26)20-10-2-1-3-11-20/h1-19H. The highest BCUT2D eigenvalue weighted by Crippen LogP contribution is 2.40. The second kappa shape index (κ2) is 7.67. The molecule has 7 rings (SSSR count). The van der Waals surface area contributed by atoms with Gasteiger partial charge >= 0.3 is 0 Å². The number of halogens is 1. The van der Waals surface area contributed by atoms with Crippen molar-refractivity contribution in [1.29, 1.82) is 0 Å². The van der Waals surface area contributed by atoms with E-state index in [0.717, 1.165) is 38.8 Å². The third-order valence-electron chi connectivity index (χ3n) is 6.51. The number of nitrogens with zero attached hydrogens (tertiary/aromatic N) is 2. The second-order valence-corrected chi connectivity index (χ2v) is 8.54. The summed E-state index contributed by atoms with van der Waals surface area (Å²) < 4.78 is 23.4. The van der Waals surface area contributed by atoms with Gasteiger partial charge in [-0.3, -0.25) is 4.57 Å². The fourth-order valence-electron chi connectivity index (χ4n) is 4.94. The minimum atomic E-state index is -0.305. The van der Waals surface area contributed by atoms with Crippen molar-refractivity contribution in [3.05, 3.63) is 121 Å². The maximum Gasteiger partial charge on any atom is 0.149 e. The molecule has 2 heterocycles. The van der Waals surface area contributed by atoms with Gasteiger partial charge in [0, 0.05) is 10.9 Å². The summed E-state index contributed by atoms with van der Waals surface area (Å²) >= 11 is 0. The number of fused-ring (bicyclic) bond motifs is 4. The summed E-state index contributed by atoms with van der Waals surface area (Å²) in [5.41, 5.74) is 6.92. The van der Waals surface area contributed by atoms with Crippen molar-refractivity contribution < 1.29 is 8.81 Å². The van der Waals surface area contributed by atoms with Gasteiger partial charge in [-0.05, 0) is 42.0 Å². The molecule has 0 spiro atoms. The maximum absolute atomic E-state index is 15.1. The number of para-hydroxylation sites is 4. The molecular weight excluding hydrogens is 435 g/mol. The van der Waals surface area contributed by atoms with Gasteiger partial charge in [-0.25, -0.2) is 9.37 Å². The van der Waals surface area contributed by atoms with Crippen LogP contribution in [0, 0.1) is 5.82 Å². The van der Waals surface area contributed by atoms with Crippen molar-refractivity contribution in [1.82, 2.24) is 9.55 Å². The van der Waals surface area contributed by atoms with Crippen LogP contribution in [-0.4, -0.2) is 9.55 Å². The molecular formula is C31H19FN2O. The molecule has 0 unspecified atom stereocenters. The molecule has 0 saturated heterocycles. The van der Waals surface area contributed by atoms with Crippen molar-refractivity contribution in [2.75, 3.05) is 0 Å². The van der Waals surface area contributed by atoms with Crippen LogP contribution in [-0.2, 0) is 0 Å². The van der Waals surface area contributed by atoms with E-state index in [1.54, 1.807) is 6.07 Å². The van der Waals surface area contributed by atoms with Gasteiger partial charge < -0.3 is 4.42 Å². The largest absolute Gasteiger partial charge is 0.455 e. The van der Waals surface area contributed by atoms with E-state index in [1.165, 1.54) is 6.07 Å². The van der Waals surface area contributed by atoms with Crippen molar-refractivity contribution >= 4 is 33.0 Å². The van der Waals surface area contributed by atoms with Crippen LogP contribution in [0.15, 0.2) is 120 Å². The topological polar surface area (TPSA) is 31.0 Å². The monoisotopic (exact) mass is 454 g/mol. The Hall–Kier alpha value is -4.70. The first-order valence-electron chi connectivity index (χ1n) is 11.5. The minimum Gasteiger partial charge on any atom is -0.455 e. The van der Waals surface area contributed by atoms with E-state index in [9.17, 15) is 0 Å². The van der Waals surface area contributed by atoms with Gasteiger partial charge in [0.25, 0.3) is 0 Å². The van der Waals surface area contributed by atoms with Crippen LogP contribution in [0.1, 0.15) is 0 Å². The van der Waals surface area contributed by atoms with Crippen LogP contribution in [0.4, 0.5) is 4.39 Å². The van der Waals surface area contributed by atoms with Gasteiger partial charge in [0.05, 0.1) is 27.7 Å². The maximum atomic E-state index is 15.1. The summed E-state index contributed by atoms with van der Waals surface area (Å²) in [5, 5.41) is 1.24. The number of imidazole rings is 1. The molecule has 3 nitrogen and oxygen atoms in total. The van der Waals surface area contributed by atoms with Gasteiger partial charge in [0.2, 0.25) is 0 Å². The Morgan fingerprint density at radius 2 is 1.40 bits per heavy atom. The van der Waals surface area contributed by atoms with Crippen molar-refractivity contribution in [3.8, 4) is 28.2 Å². The summed E-state index contributed by atoms with van der Waals surface area (Å²) in [6.07, 6.45) is 0. The molecule has 0 bridgehead atoms. The molecule has 0 fully saturated rings. The highest BCUT2D eigenvalue weighted by atomic mass is 19.1. The summed E-state index contributed by atoms with van der Waals surface area (Å²) in [5.74, 6) is 0.402. The van der Waals surface area contributed by atoms with E-state index < -0.39 is 0 Å². The summed E-state index contributed by atoms with van der Waals surface area (Å²) in [6, 6.07) is 37.5. The predicted octanol–water partition coefficient (Wildman–Crippen LogP) is 8.40. The Morgan fingerprint density at radius 1 is 0.657 bits per heavy atom. The average Bonchev–Trinajstić information content (AvgIpc) is 3.49. The first-order chi connectivity index (χ1) is 17.3. The van der Waals surface area contributed by atoms with Crippen LogP contribution >= 0.6 is 0 Å². The second-order valence-electron chi connectivity index (χ2n) is 8.54. The van der Waals surface area contributed by atoms with Crippen molar-refractivity contribution in [2.45, 2.75) is 0 Å². The molecule has 35 heavy (non-hydrogen) atoms. The van der Waals surface area contributed by atoms with Crippen LogP contribution in [0.3, 0.4) is 0 Å². The minimum absolute atomic E-state index is 0.305. The zero-order valence-electron chi connectivity index (χ0n) is 18.7. The Balaban J connectivity index is 1.60. The van der Waals surface area contributed by atoms with Crippen LogP contribution in [0.2, 0.25) is 0 Å². The number of furan rings is 1. The first kappa shape index (κ1) is 19.7. The number of benzene rings is 5. The van der Waals surface area contributed by atoms with Crippen LogP contribution in [0.25, 0.3) is 61.2 Å². The highest BCUT2D eigenvalue weighted by molar-refractivity contribution is 6.10. The van der Waals surface area contributed by atoms with Crippen molar-refractivity contribution in [3.63, 3.8) is 0 Å². The zero-order valence-corrected chi connectivity index (χ0v) is 18.7. The third kappa shape index (κ3) is 3.00. The van der Waals surface area contributed by atoms with Crippen LogP contribution in [0.5, 0.6) is 0 Å². The predicted molar refractivity (Wildman–Crippen MR) is 139 cm³/mol. The van der Waals surface area contributed by atoms with Crippen molar-refractivity contribution in [2.24, 2.45) is 0 Å². The average molecular weight is 455 g/mol. The SMILES string of the molecule is Fc1ccc(-c2nc3ccccc3n2-c2ccccc2-c2ccccc2)c2oc3ccccc3c12. The van der Waals surface area contributed by atoms with Crippen LogP contribution < -0.4 is 0 Å². The molecule has 0 aliphatic carbocycles. The van der Waals surface area contributed by atoms with Gasteiger partial charge in [-0.1, -0.05) is 78.9 Å². The molecule has 0 aliphatic rings. The van der Waals surface area contributed by atoms with E-state index in [0.29, 0.717) is 22.4 Å². The summed E-state index contributed by atoms with van der Waals surface area (Å²) in [4.78, 5) is 5.02. The molecule has 0 radical (unpaired) electrons. The molecule has 0 saturated carbocycles. The molecule has 0 atom stereocenters. The number of rotatable bonds is 3. The van der Waals surface area contributed by atoms with E-state index in [-0.39, 0.29) is 5.82 Å². The Bertz CT molecular complexity index is 1860. The Morgan fingerprint density at radius 3 is 2.31 bits per heavy atom. The molecule has 7 aromatic rings. The fraction of sp³-hybridized carbons (Fsp3) is 0. The van der Waals surface area contributed by atoms with E-state index >= 15 is 4.39 Å². The van der Waals surface area contributed by atoms with E-state index in [4.69, 9.17) is 9.40 Å². The molecule has 0 amide bonds. The molecule has 2 aromatic heterocycles. The van der Waals surface area contributed by atoms with Gasteiger partial charge in [-0.15, -0.1) is 0 Å². The summed E-state index contributed by atoms with van der Waals surface area (Å²) in [7, 11) is 0. The normalized spacial score (nSPS) is 11.6. The van der Waals surface area contributed by atoms with E-state index in [2.05, 4.69) is 34.9 Å². The molecule has 5 aromatic carbocycles. The summed E-state index contributed by atoms with van der Waals surface area (Å²) in [6.45, 7) is 0. The molecule has 0 aliphatic heterocycles. The molecule has 166 valence electrons. The lowest BCUT2D eigenvalue weighted by Gasteiger charge is -2.15. The van der Waals surface area contributed by atoms with E-state index in [1.807, 2.05) is 72.8 Å². The van der Waals surface area contributed by atoms with Gasteiger partial charge in [0.15, 0.2) is 0 Å². The molecule has 0 N–H and O–H groups in total. The lowest BCUT2D eigenvalue weighted by molar-refractivity contribution is 0.634. The highest BCUT2D eigenvalue weighted by Gasteiger charge is 2.22. The smallest absolute Gasteiger partial charge is 0.149 e. The van der Waals surface area contributed by atoms with Gasteiger partial charge in [0.1, 0.15) is 22.8 Å². The number of aromatic nitrogens is 2. The fourth-order valence-corrected chi connectivity index (χ4v) is 4.94. The lowest BCUT2D eigenvalue weighted by Crippen LogP contribution is -2.00. The van der Waals surface area contributed by atoms with Gasteiger partial charge in [-0.2, -0.15) is 0 Å². The Labute approximate surface area is 200 Å².